The maximum absolute atomic E-state index is 10.1. The number of aromatic nitrogens is 3. The molecule has 6 heteroatoms. The van der Waals surface area contributed by atoms with Gasteiger partial charge in [-0.2, -0.15) is 15.4 Å². The highest BCUT2D eigenvalue weighted by Gasteiger charge is 2.18. The van der Waals surface area contributed by atoms with Gasteiger partial charge in [-0.05, 0) is 12.1 Å². The van der Waals surface area contributed by atoms with Crippen molar-refractivity contribution in [1.82, 2.24) is 15.4 Å². The van der Waals surface area contributed by atoms with Crippen LogP contribution in [0, 0.1) is 0 Å². The quantitative estimate of drug-likeness (QED) is 0.823. The molecule has 6 nitrogen and oxygen atoms in total. The van der Waals surface area contributed by atoms with Crippen LogP contribution in [0.4, 0.5) is 0 Å². The number of aromatic amines is 1. The molecule has 0 saturated heterocycles. The summed E-state index contributed by atoms with van der Waals surface area (Å²) in [6.07, 6.45) is 0.587. The van der Waals surface area contributed by atoms with Gasteiger partial charge in [0.05, 0.1) is 20.4 Å². The molecule has 0 aliphatic heterocycles. The van der Waals surface area contributed by atoms with Crippen LogP contribution in [0.15, 0.2) is 24.4 Å². The number of H-pyrrole nitrogens is 1. The van der Waals surface area contributed by atoms with E-state index in [1.54, 1.807) is 25.3 Å². The second-order valence-corrected chi connectivity index (χ2v) is 3.41. The lowest BCUT2D eigenvalue weighted by atomic mass is 10.1. The van der Waals surface area contributed by atoms with Gasteiger partial charge in [0.25, 0.3) is 0 Å². The molecule has 0 amide bonds. The topological polar surface area (TPSA) is 80.3 Å². The van der Waals surface area contributed by atoms with Crippen LogP contribution < -0.4 is 9.47 Å². The Bertz CT molecular complexity index is 485. The summed E-state index contributed by atoms with van der Waals surface area (Å²) in [6, 6.07) is 5.19. The Kier molecular flexibility index (Phi) is 3.24. The van der Waals surface area contributed by atoms with Crippen molar-refractivity contribution < 1.29 is 14.6 Å². The second-order valence-electron chi connectivity index (χ2n) is 3.41. The third-order valence-electron chi connectivity index (χ3n) is 2.45. The summed E-state index contributed by atoms with van der Waals surface area (Å²) >= 11 is 0. The largest absolute Gasteiger partial charge is 0.497 e. The number of methoxy groups -OCH3 is 2. The normalized spacial score (nSPS) is 12.2. The summed E-state index contributed by atoms with van der Waals surface area (Å²) < 4.78 is 10.3. The van der Waals surface area contributed by atoms with Crippen LogP contribution in [0.2, 0.25) is 0 Å². The molecule has 0 aliphatic carbocycles. The van der Waals surface area contributed by atoms with Gasteiger partial charge in [-0.3, -0.25) is 0 Å². The Labute approximate surface area is 98.2 Å². The van der Waals surface area contributed by atoms with Crippen LogP contribution in [0.1, 0.15) is 17.4 Å². The van der Waals surface area contributed by atoms with Crippen molar-refractivity contribution in [1.29, 1.82) is 0 Å². The molecule has 0 saturated carbocycles. The first-order chi connectivity index (χ1) is 8.26. The summed E-state index contributed by atoms with van der Waals surface area (Å²) in [5.41, 5.74) is 1.05. The molecule has 2 aromatic rings. The van der Waals surface area contributed by atoms with E-state index in [4.69, 9.17) is 9.47 Å². The highest BCUT2D eigenvalue weighted by Crippen LogP contribution is 2.31. The molecule has 2 N–H and O–H groups in total. The minimum absolute atomic E-state index is 0.438. The molecule has 1 aromatic heterocycles. The van der Waals surface area contributed by atoms with E-state index >= 15 is 0 Å². The maximum atomic E-state index is 10.1. The number of hydrogen-bond acceptors (Lipinski definition) is 5. The molecule has 1 atom stereocenters. The molecular formula is C11H13N3O3. The lowest BCUT2D eigenvalue weighted by molar-refractivity contribution is 0.209. The number of benzene rings is 1. The number of nitrogens with zero attached hydrogens (tertiary/aromatic N) is 2. The lowest BCUT2D eigenvalue weighted by Crippen LogP contribution is -2.03. The molecule has 90 valence electrons. The van der Waals surface area contributed by atoms with Crippen molar-refractivity contribution in [3.8, 4) is 11.5 Å². The average molecular weight is 235 g/mol. The molecule has 2 rings (SSSR count). The van der Waals surface area contributed by atoms with E-state index in [1.807, 2.05) is 0 Å². The van der Waals surface area contributed by atoms with Gasteiger partial charge in [0, 0.05) is 11.6 Å². The van der Waals surface area contributed by atoms with Crippen LogP contribution >= 0.6 is 0 Å². The third-order valence-corrected chi connectivity index (χ3v) is 2.45. The molecule has 0 spiro atoms. The van der Waals surface area contributed by atoms with Crippen molar-refractivity contribution in [2.45, 2.75) is 6.10 Å². The van der Waals surface area contributed by atoms with Gasteiger partial charge >= 0.3 is 0 Å². The number of aliphatic hydroxyl groups is 1. The van der Waals surface area contributed by atoms with Crippen molar-refractivity contribution in [2.75, 3.05) is 14.2 Å². The molecule has 1 heterocycles. The minimum Gasteiger partial charge on any atom is -0.497 e. The van der Waals surface area contributed by atoms with Gasteiger partial charge < -0.3 is 14.6 Å². The van der Waals surface area contributed by atoms with Crippen molar-refractivity contribution >= 4 is 0 Å². The Morgan fingerprint density at radius 3 is 2.71 bits per heavy atom. The SMILES string of the molecule is COc1ccc(C(O)c2cn[nH]n2)c(OC)c1. The zero-order valence-corrected chi connectivity index (χ0v) is 9.54. The summed E-state index contributed by atoms with van der Waals surface area (Å²) in [5, 5.41) is 20.1. The zero-order valence-electron chi connectivity index (χ0n) is 9.54. The third kappa shape index (κ3) is 2.21. The molecular weight excluding hydrogens is 222 g/mol. The summed E-state index contributed by atoms with van der Waals surface area (Å²) in [5.74, 6) is 1.21. The van der Waals surface area contributed by atoms with E-state index in [2.05, 4.69) is 15.4 Å². The van der Waals surface area contributed by atoms with Crippen molar-refractivity contribution in [3.05, 3.63) is 35.7 Å². The fraction of sp³-hybridized carbons (Fsp3) is 0.273. The van der Waals surface area contributed by atoms with Crippen LogP contribution in [-0.4, -0.2) is 34.7 Å². The lowest BCUT2D eigenvalue weighted by Gasteiger charge is -2.13. The number of rotatable bonds is 4. The Morgan fingerprint density at radius 2 is 2.12 bits per heavy atom. The second kappa shape index (κ2) is 4.84. The highest BCUT2D eigenvalue weighted by molar-refractivity contribution is 5.43. The van der Waals surface area contributed by atoms with Crippen LogP contribution in [0.5, 0.6) is 11.5 Å². The standard InChI is InChI=1S/C11H13N3O3/c1-16-7-3-4-8(10(5-7)17-2)11(15)9-6-12-14-13-9/h3-6,11,15H,1-2H3,(H,12,13,14). The fourth-order valence-corrected chi connectivity index (χ4v) is 1.55. The first-order valence-electron chi connectivity index (χ1n) is 5.02. The molecule has 0 bridgehead atoms. The summed E-state index contributed by atoms with van der Waals surface area (Å²) in [6.45, 7) is 0. The molecule has 1 unspecified atom stereocenters. The van der Waals surface area contributed by atoms with E-state index in [0.717, 1.165) is 0 Å². The van der Waals surface area contributed by atoms with Crippen LogP contribution in [-0.2, 0) is 0 Å². The van der Waals surface area contributed by atoms with Gasteiger partial charge in [-0.15, -0.1) is 0 Å². The molecule has 1 aromatic carbocycles. The van der Waals surface area contributed by atoms with Gasteiger partial charge in [-0.25, -0.2) is 0 Å². The fourth-order valence-electron chi connectivity index (χ4n) is 1.55. The first-order valence-corrected chi connectivity index (χ1v) is 5.02. The summed E-state index contributed by atoms with van der Waals surface area (Å²) in [4.78, 5) is 0. The van der Waals surface area contributed by atoms with Crippen molar-refractivity contribution in [3.63, 3.8) is 0 Å². The molecule has 0 aliphatic rings. The van der Waals surface area contributed by atoms with Gasteiger partial charge in [-0.1, -0.05) is 0 Å². The maximum Gasteiger partial charge on any atom is 0.128 e. The number of ether oxygens (including phenoxy) is 2. The molecule has 17 heavy (non-hydrogen) atoms. The predicted octanol–water partition coefficient (Wildman–Crippen LogP) is 0.904. The Morgan fingerprint density at radius 1 is 1.29 bits per heavy atom. The van der Waals surface area contributed by atoms with E-state index in [0.29, 0.717) is 22.8 Å². The number of hydrogen-bond donors (Lipinski definition) is 2. The Hall–Kier alpha value is -2.08. The highest BCUT2D eigenvalue weighted by atomic mass is 16.5. The molecule has 0 fully saturated rings. The van der Waals surface area contributed by atoms with Crippen molar-refractivity contribution in [2.24, 2.45) is 0 Å². The first kappa shape index (κ1) is 11.4. The summed E-state index contributed by atoms with van der Waals surface area (Å²) in [7, 11) is 3.11. The van der Waals surface area contributed by atoms with E-state index in [1.165, 1.54) is 13.3 Å². The number of nitrogens with one attached hydrogen (secondary N) is 1. The van der Waals surface area contributed by atoms with E-state index in [9.17, 15) is 5.11 Å². The van der Waals surface area contributed by atoms with Gasteiger partial charge in [0.1, 0.15) is 23.3 Å². The van der Waals surface area contributed by atoms with Gasteiger partial charge in [0.15, 0.2) is 0 Å². The zero-order chi connectivity index (χ0) is 12.3. The number of aliphatic hydroxyl groups excluding tert-OH is 1. The van der Waals surface area contributed by atoms with Crippen LogP contribution in [0.25, 0.3) is 0 Å². The van der Waals surface area contributed by atoms with Crippen LogP contribution in [0.3, 0.4) is 0 Å². The minimum atomic E-state index is -0.880. The van der Waals surface area contributed by atoms with E-state index < -0.39 is 6.10 Å². The molecule has 0 radical (unpaired) electrons. The predicted molar refractivity (Wildman–Crippen MR) is 60.0 cm³/mol. The smallest absolute Gasteiger partial charge is 0.128 e. The monoisotopic (exact) mass is 235 g/mol. The van der Waals surface area contributed by atoms with E-state index in [-0.39, 0.29) is 0 Å². The Balaban J connectivity index is 2.38. The van der Waals surface area contributed by atoms with Gasteiger partial charge in [0.2, 0.25) is 0 Å². The average Bonchev–Trinajstić information content (AvgIpc) is 2.91.